The van der Waals surface area contributed by atoms with E-state index in [1.54, 1.807) is 0 Å². The van der Waals surface area contributed by atoms with Crippen molar-refractivity contribution in [1.82, 2.24) is 15.2 Å². The molecule has 1 aromatic heterocycles. The molecular weight excluding hydrogens is 246 g/mol. The van der Waals surface area contributed by atoms with Crippen LogP contribution in [0.1, 0.15) is 44.7 Å². The number of aromatic nitrogens is 1. The minimum absolute atomic E-state index is 0.728. The first-order chi connectivity index (χ1) is 9.79. The summed E-state index contributed by atoms with van der Waals surface area (Å²) < 4.78 is 0. The third-order valence-electron chi connectivity index (χ3n) is 4.40. The molecule has 1 aliphatic rings. The molecule has 1 fully saturated rings. The first-order valence-electron chi connectivity index (χ1n) is 8.13. The third kappa shape index (κ3) is 4.88. The van der Waals surface area contributed by atoms with E-state index in [9.17, 15) is 0 Å². The van der Waals surface area contributed by atoms with Gasteiger partial charge in [-0.3, -0.25) is 4.98 Å². The molecule has 2 rings (SSSR count). The maximum atomic E-state index is 4.41. The van der Waals surface area contributed by atoms with Crippen LogP contribution in [0.3, 0.4) is 0 Å². The highest BCUT2D eigenvalue weighted by molar-refractivity contribution is 5.03. The van der Waals surface area contributed by atoms with Crippen molar-refractivity contribution in [1.29, 1.82) is 0 Å². The summed E-state index contributed by atoms with van der Waals surface area (Å²) in [7, 11) is 2.27. The van der Waals surface area contributed by atoms with E-state index in [0.717, 1.165) is 31.6 Å². The molecule has 2 atom stereocenters. The van der Waals surface area contributed by atoms with Crippen molar-refractivity contribution in [3.8, 4) is 0 Å². The van der Waals surface area contributed by atoms with Gasteiger partial charge in [-0.05, 0) is 51.4 Å². The molecule has 0 aliphatic heterocycles. The van der Waals surface area contributed by atoms with Crippen molar-refractivity contribution in [3.05, 3.63) is 30.1 Å². The Labute approximate surface area is 123 Å². The highest BCUT2D eigenvalue weighted by atomic mass is 15.1. The topological polar surface area (TPSA) is 28.2 Å². The van der Waals surface area contributed by atoms with Gasteiger partial charge in [0.25, 0.3) is 0 Å². The quantitative estimate of drug-likeness (QED) is 0.829. The van der Waals surface area contributed by atoms with Crippen LogP contribution in [0.15, 0.2) is 24.4 Å². The van der Waals surface area contributed by atoms with E-state index in [2.05, 4.69) is 41.3 Å². The summed E-state index contributed by atoms with van der Waals surface area (Å²) in [6, 6.07) is 7.65. The Kier molecular flexibility index (Phi) is 6.48. The summed E-state index contributed by atoms with van der Waals surface area (Å²) >= 11 is 0. The minimum Gasteiger partial charge on any atom is -0.314 e. The van der Waals surface area contributed by atoms with Crippen LogP contribution in [0.25, 0.3) is 0 Å². The van der Waals surface area contributed by atoms with E-state index in [4.69, 9.17) is 0 Å². The Hall–Kier alpha value is -0.930. The van der Waals surface area contributed by atoms with Crippen LogP contribution in [0, 0.1) is 0 Å². The third-order valence-corrected chi connectivity index (χ3v) is 4.40. The van der Waals surface area contributed by atoms with E-state index in [0.29, 0.717) is 0 Å². The first-order valence-corrected chi connectivity index (χ1v) is 8.13. The number of hydrogen-bond donors (Lipinski definition) is 1. The molecule has 1 aromatic rings. The fourth-order valence-corrected chi connectivity index (χ4v) is 3.12. The summed E-state index contributed by atoms with van der Waals surface area (Å²) in [4.78, 5) is 6.95. The number of nitrogens with one attached hydrogen (secondary N) is 1. The van der Waals surface area contributed by atoms with E-state index >= 15 is 0 Å². The number of hydrogen-bond acceptors (Lipinski definition) is 3. The van der Waals surface area contributed by atoms with E-state index in [-0.39, 0.29) is 0 Å². The molecule has 3 heteroatoms. The summed E-state index contributed by atoms with van der Waals surface area (Å²) in [5.41, 5.74) is 1.20. The second-order valence-corrected chi connectivity index (χ2v) is 6.02. The lowest BCUT2D eigenvalue weighted by Gasteiger charge is -2.35. The van der Waals surface area contributed by atoms with Gasteiger partial charge in [0, 0.05) is 36.9 Å². The molecule has 0 bridgehead atoms. The number of rotatable bonds is 7. The largest absolute Gasteiger partial charge is 0.314 e. The highest BCUT2D eigenvalue weighted by Crippen LogP contribution is 2.22. The van der Waals surface area contributed by atoms with Crippen molar-refractivity contribution in [2.75, 3.05) is 20.1 Å². The lowest BCUT2D eigenvalue weighted by Crippen LogP contribution is -2.43. The van der Waals surface area contributed by atoms with Crippen molar-refractivity contribution >= 4 is 0 Å². The zero-order chi connectivity index (χ0) is 14.2. The normalized spacial score (nSPS) is 23.1. The average Bonchev–Trinajstić information content (AvgIpc) is 2.52. The van der Waals surface area contributed by atoms with E-state index in [1.807, 2.05) is 12.3 Å². The molecule has 1 heterocycles. The van der Waals surface area contributed by atoms with Crippen LogP contribution in [0.2, 0.25) is 0 Å². The van der Waals surface area contributed by atoms with E-state index in [1.165, 1.54) is 37.8 Å². The molecule has 0 amide bonds. The second-order valence-electron chi connectivity index (χ2n) is 6.02. The van der Waals surface area contributed by atoms with Gasteiger partial charge < -0.3 is 10.2 Å². The van der Waals surface area contributed by atoms with Gasteiger partial charge in [0.15, 0.2) is 0 Å². The lowest BCUT2D eigenvalue weighted by molar-refractivity contribution is 0.170. The molecule has 0 radical (unpaired) electrons. The van der Waals surface area contributed by atoms with Crippen LogP contribution < -0.4 is 5.32 Å². The molecular formula is C17H29N3. The van der Waals surface area contributed by atoms with E-state index < -0.39 is 0 Å². The van der Waals surface area contributed by atoms with Gasteiger partial charge in [0.05, 0.1) is 0 Å². The molecule has 112 valence electrons. The van der Waals surface area contributed by atoms with Gasteiger partial charge in [-0.1, -0.05) is 19.4 Å². The number of nitrogens with zero attached hydrogens (tertiary/aromatic N) is 2. The zero-order valence-electron chi connectivity index (χ0n) is 13.0. The predicted octanol–water partition coefficient (Wildman–Crippen LogP) is 2.87. The van der Waals surface area contributed by atoms with Gasteiger partial charge in [0.2, 0.25) is 0 Å². The monoisotopic (exact) mass is 275 g/mol. The predicted molar refractivity (Wildman–Crippen MR) is 84.9 cm³/mol. The summed E-state index contributed by atoms with van der Waals surface area (Å²) in [6.07, 6.45) is 9.55. The summed E-state index contributed by atoms with van der Waals surface area (Å²) in [6.45, 7) is 4.52. The highest BCUT2D eigenvalue weighted by Gasteiger charge is 2.24. The Bertz CT molecular complexity index is 366. The van der Waals surface area contributed by atoms with Crippen LogP contribution >= 0.6 is 0 Å². The molecule has 1 aliphatic carbocycles. The maximum absolute atomic E-state index is 4.41. The van der Waals surface area contributed by atoms with Gasteiger partial charge in [-0.25, -0.2) is 0 Å². The Morgan fingerprint density at radius 3 is 3.00 bits per heavy atom. The van der Waals surface area contributed by atoms with Crippen LogP contribution in [0.4, 0.5) is 0 Å². The Morgan fingerprint density at radius 1 is 1.35 bits per heavy atom. The molecule has 1 saturated carbocycles. The fourth-order valence-electron chi connectivity index (χ4n) is 3.12. The average molecular weight is 275 g/mol. The molecule has 0 aromatic carbocycles. The molecule has 1 N–H and O–H groups in total. The lowest BCUT2D eigenvalue weighted by atomic mass is 9.90. The van der Waals surface area contributed by atoms with Crippen molar-refractivity contribution in [3.63, 3.8) is 0 Å². The van der Waals surface area contributed by atoms with Crippen molar-refractivity contribution in [2.45, 2.75) is 57.5 Å². The minimum atomic E-state index is 0.728. The van der Waals surface area contributed by atoms with Crippen LogP contribution in [0.5, 0.6) is 0 Å². The molecule has 0 saturated heterocycles. The molecule has 20 heavy (non-hydrogen) atoms. The Morgan fingerprint density at radius 2 is 2.25 bits per heavy atom. The zero-order valence-corrected chi connectivity index (χ0v) is 13.0. The summed E-state index contributed by atoms with van der Waals surface area (Å²) in [5, 5.41) is 3.69. The van der Waals surface area contributed by atoms with Gasteiger partial charge in [-0.15, -0.1) is 0 Å². The molecule has 3 nitrogen and oxygen atoms in total. The van der Waals surface area contributed by atoms with Crippen molar-refractivity contribution < 1.29 is 0 Å². The van der Waals surface area contributed by atoms with Crippen molar-refractivity contribution in [2.24, 2.45) is 0 Å². The van der Waals surface area contributed by atoms with Gasteiger partial charge in [0.1, 0.15) is 0 Å². The first kappa shape index (κ1) is 15.5. The standard InChI is InChI=1S/C17H29N3/c1-3-11-18-16-8-6-9-17(14-16)20(2)13-10-15-7-4-5-12-19-15/h4-5,7,12,16-18H,3,6,8-11,13-14H2,1-2H3. The van der Waals surface area contributed by atoms with Crippen LogP contribution in [-0.2, 0) is 6.42 Å². The summed E-state index contributed by atoms with van der Waals surface area (Å²) in [5.74, 6) is 0. The maximum Gasteiger partial charge on any atom is 0.0416 e. The SMILES string of the molecule is CCCNC1CCCC(N(C)CCc2ccccn2)C1. The van der Waals surface area contributed by atoms with Crippen LogP contribution in [-0.4, -0.2) is 42.1 Å². The number of likely N-dealkylation sites (N-methyl/N-ethyl adjacent to an activating group) is 1. The Balaban J connectivity index is 1.75. The van der Waals surface area contributed by atoms with Gasteiger partial charge in [-0.2, -0.15) is 0 Å². The fraction of sp³-hybridized carbons (Fsp3) is 0.706. The second kappa shape index (κ2) is 8.38. The van der Waals surface area contributed by atoms with Gasteiger partial charge >= 0.3 is 0 Å². The molecule has 2 unspecified atom stereocenters. The molecule has 0 spiro atoms. The smallest absolute Gasteiger partial charge is 0.0416 e. The number of pyridine rings is 1.